The molecule has 2 aliphatic heterocycles. The minimum atomic E-state index is -0.583. The van der Waals surface area contributed by atoms with E-state index in [-0.39, 0.29) is 11.8 Å². The van der Waals surface area contributed by atoms with Crippen molar-refractivity contribution in [3.05, 3.63) is 24.3 Å². The highest BCUT2D eigenvalue weighted by molar-refractivity contribution is 5.91. The van der Waals surface area contributed by atoms with Gasteiger partial charge in [0.15, 0.2) is 6.10 Å². The minimum Gasteiger partial charge on any atom is -0.477 e. The SMILES string of the molecule is CCC1C(=O)NCCN1C(=O)C1CNc2ccccc2O1. The van der Waals surface area contributed by atoms with Crippen LogP contribution in [0.3, 0.4) is 0 Å². The first-order valence-electron chi connectivity index (χ1n) is 7.28. The normalized spacial score (nSPS) is 24.4. The summed E-state index contributed by atoms with van der Waals surface area (Å²) < 4.78 is 5.79. The highest BCUT2D eigenvalue weighted by atomic mass is 16.5. The second kappa shape index (κ2) is 5.63. The molecule has 2 heterocycles. The number of anilines is 1. The van der Waals surface area contributed by atoms with Crippen molar-refractivity contribution in [3.63, 3.8) is 0 Å². The van der Waals surface area contributed by atoms with E-state index in [0.717, 1.165) is 5.69 Å². The first kappa shape index (κ1) is 13.7. The molecule has 3 rings (SSSR count). The molecule has 1 saturated heterocycles. The molecule has 0 radical (unpaired) electrons. The molecule has 0 bridgehead atoms. The van der Waals surface area contributed by atoms with Gasteiger partial charge in [-0.1, -0.05) is 19.1 Å². The summed E-state index contributed by atoms with van der Waals surface area (Å²) in [5.74, 6) is 0.469. The molecule has 2 atom stereocenters. The minimum absolute atomic E-state index is 0.0822. The van der Waals surface area contributed by atoms with Crippen molar-refractivity contribution in [1.29, 1.82) is 0 Å². The number of hydrogen-bond acceptors (Lipinski definition) is 4. The quantitative estimate of drug-likeness (QED) is 0.836. The van der Waals surface area contributed by atoms with Crippen LogP contribution in [0.4, 0.5) is 5.69 Å². The third-order valence-corrected chi connectivity index (χ3v) is 3.91. The molecule has 21 heavy (non-hydrogen) atoms. The van der Waals surface area contributed by atoms with Crippen LogP contribution in [0, 0.1) is 0 Å². The molecular formula is C15H19N3O3. The Morgan fingerprint density at radius 2 is 2.19 bits per heavy atom. The number of nitrogens with one attached hydrogen (secondary N) is 2. The molecule has 0 aromatic heterocycles. The van der Waals surface area contributed by atoms with Gasteiger partial charge in [0.05, 0.1) is 12.2 Å². The average Bonchev–Trinajstić information content (AvgIpc) is 2.53. The number of carbonyl (C=O) groups excluding carboxylic acids is 2. The summed E-state index contributed by atoms with van der Waals surface area (Å²) in [6, 6.07) is 7.14. The van der Waals surface area contributed by atoms with Gasteiger partial charge >= 0.3 is 0 Å². The summed E-state index contributed by atoms with van der Waals surface area (Å²) in [6.07, 6.45) is 0.0220. The van der Waals surface area contributed by atoms with Crippen molar-refractivity contribution in [2.45, 2.75) is 25.5 Å². The number of fused-ring (bicyclic) bond motifs is 1. The molecule has 2 unspecified atom stereocenters. The Balaban J connectivity index is 1.75. The monoisotopic (exact) mass is 289 g/mol. The van der Waals surface area contributed by atoms with Gasteiger partial charge in [-0.3, -0.25) is 9.59 Å². The molecule has 112 valence electrons. The fourth-order valence-corrected chi connectivity index (χ4v) is 2.82. The van der Waals surface area contributed by atoms with E-state index in [2.05, 4.69) is 10.6 Å². The first-order valence-corrected chi connectivity index (χ1v) is 7.28. The van der Waals surface area contributed by atoms with E-state index in [1.54, 1.807) is 4.90 Å². The number of ether oxygens (including phenoxy) is 1. The molecule has 0 saturated carbocycles. The predicted molar refractivity (Wildman–Crippen MR) is 78.1 cm³/mol. The van der Waals surface area contributed by atoms with E-state index in [9.17, 15) is 9.59 Å². The van der Waals surface area contributed by atoms with Crippen molar-refractivity contribution in [2.24, 2.45) is 0 Å². The lowest BCUT2D eigenvalue weighted by Gasteiger charge is -2.37. The maximum absolute atomic E-state index is 12.7. The van der Waals surface area contributed by atoms with Gasteiger partial charge in [0.1, 0.15) is 11.8 Å². The molecule has 6 nitrogen and oxygen atoms in total. The van der Waals surface area contributed by atoms with Crippen LogP contribution in [0.15, 0.2) is 24.3 Å². The maximum Gasteiger partial charge on any atom is 0.266 e. The van der Waals surface area contributed by atoms with E-state index >= 15 is 0 Å². The Morgan fingerprint density at radius 3 is 3.00 bits per heavy atom. The topological polar surface area (TPSA) is 70.7 Å². The van der Waals surface area contributed by atoms with Crippen molar-refractivity contribution in [1.82, 2.24) is 10.2 Å². The second-order valence-electron chi connectivity index (χ2n) is 5.23. The van der Waals surface area contributed by atoms with Gasteiger partial charge in [0, 0.05) is 13.1 Å². The van der Waals surface area contributed by atoms with E-state index in [1.165, 1.54) is 0 Å². The van der Waals surface area contributed by atoms with Gasteiger partial charge in [-0.05, 0) is 18.6 Å². The second-order valence-corrected chi connectivity index (χ2v) is 5.23. The maximum atomic E-state index is 12.7. The third-order valence-electron chi connectivity index (χ3n) is 3.91. The number of piperazine rings is 1. The van der Waals surface area contributed by atoms with E-state index in [1.807, 2.05) is 31.2 Å². The standard InChI is InChI=1S/C15H19N3O3/c1-2-11-14(19)16-7-8-18(11)15(20)13-9-17-10-5-3-4-6-12(10)21-13/h3-6,11,13,17H,2,7-9H2,1H3,(H,16,19). The number of amides is 2. The zero-order chi connectivity index (χ0) is 14.8. The summed E-state index contributed by atoms with van der Waals surface area (Å²) in [5.41, 5.74) is 0.893. The largest absolute Gasteiger partial charge is 0.477 e. The highest BCUT2D eigenvalue weighted by Crippen LogP contribution is 2.29. The van der Waals surface area contributed by atoms with Crippen LogP contribution in [-0.4, -0.2) is 48.5 Å². The van der Waals surface area contributed by atoms with E-state index in [0.29, 0.717) is 31.8 Å². The first-order chi connectivity index (χ1) is 10.2. The molecule has 0 aliphatic carbocycles. The van der Waals surface area contributed by atoms with Crippen LogP contribution < -0.4 is 15.4 Å². The summed E-state index contributed by atoms with van der Waals surface area (Å²) in [4.78, 5) is 26.2. The number of para-hydroxylation sites is 2. The Morgan fingerprint density at radius 1 is 1.38 bits per heavy atom. The zero-order valence-corrected chi connectivity index (χ0v) is 12.0. The van der Waals surface area contributed by atoms with Gasteiger partial charge in [-0.2, -0.15) is 0 Å². The van der Waals surface area contributed by atoms with Crippen LogP contribution in [-0.2, 0) is 9.59 Å². The number of hydrogen-bond donors (Lipinski definition) is 2. The molecule has 2 aliphatic rings. The molecule has 1 aromatic rings. The Hall–Kier alpha value is -2.24. The zero-order valence-electron chi connectivity index (χ0n) is 12.0. The molecule has 1 fully saturated rings. The Labute approximate surface area is 123 Å². The van der Waals surface area contributed by atoms with Gasteiger partial charge in [0.25, 0.3) is 5.91 Å². The summed E-state index contributed by atoms with van der Waals surface area (Å²) in [7, 11) is 0. The number of carbonyl (C=O) groups is 2. The summed E-state index contributed by atoms with van der Waals surface area (Å²) in [6.45, 7) is 3.36. The van der Waals surface area contributed by atoms with Crippen LogP contribution >= 0.6 is 0 Å². The third kappa shape index (κ3) is 2.53. The molecule has 6 heteroatoms. The van der Waals surface area contributed by atoms with Crippen molar-refractivity contribution in [2.75, 3.05) is 25.0 Å². The van der Waals surface area contributed by atoms with E-state index in [4.69, 9.17) is 4.74 Å². The lowest BCUT2D eigenvalue weighted by Crippen LogP contribution is -2.60. The van der Waals surface area contributed by atoms with Crippen LogP contribution in [0.25, 0.3) is 0 Å². The summed E-state index contributed by atoms with van der Waals surface area (Å²) in [5, 5.41) is 6.00. The van der Waals surface area contributed by atoms with Gasteiger partial charge < -0.3 is 20.3 Å². The van der Waals surface area contributed by atoms with E-state index < -0.39 is 12.1 Å². The fraction of sp³-hybridized carbons (Fsp3) is 0.467. The number of nitrogens with zero attached hydrogens (tertiary/aromatic N) is 1. The van der Waals surface area contributed by atoms with Crippen LogP contribution in [0.1, 0.15) is 13.3 Å². The van der Waals surface area contributed by atoms with Crippen molar-refractivity contribution in [3.8, 4) is 5.75 Å². The van der Waals surface area contributed by atoms with Crippen LogP contribution in [0.5, 0.6) is 5.75 Å². The number of rotatable bonds is 2. The Bertz CT molecular complexity index is 561. The lowest BCUT2D eigenvalue weighted by molar-refractivity contribution is -0.148. The molecule has 0 spiro atoms. The molecular weight excluding hydrogens is 270 g/mol. The molecule has 2 amide bonds. The predicted octanol–water partition coefficient (Wildman–Crippen LogP) is 0.597. The number of benzene rings is 1. The smallest absolute Gasteiger partial charge is 0.266 e. The van der Waals surface area contributed by atoms with Crippen molar-refractivity contribution >= 4 is 17.5 Å². The van der Waals surface area contributed by atoms with Crippen LogP contribution in [0.2, 0.25) is 0 Å². The van der Waals surface area contributed by atoms with Gasteiger partial charge in [-0.25, -0.2) is 0 Å². The highest BCUT2D eigenvalue weighted by Gasteiger charge is 2.37. The average molecular weight is 289 g/mol. The van der Waals surface area contributed by atoms with Gasteiger partial charge in [-0.15, -0.1) is 0 Å². The fourth-order valence-electron chi connectivity index (χ4n) is 2.82. The lowest BCUT2D eigenvalue weighted by atomic mass is 10.1. The Kier molecular flexibility index (Phi) is 3.68. The van der Waals surface area contributed by atoms with Crippen molar-refractivity contribution < 1.29 is 14.3 Å². The molecule has 1 aromatic carbocycles. The summed E-state index contributed by atoms with van der Waals surface area (Å²) >= 11 is 0. The molecule has 2 N–H and O–H groups in total. The van der Waals surface area contributed by atoms with Gasteiger partial charge in [0.2, 0.25) is 5.91 Å².